The Kier molecular flexibility index (Phi) is 6.21. The topological polar surface area (TPSA) is 111 Å². The molecule has 0 unspecified atom stereocenters. The molecule has 0 aliphatic carbocycles. The molecule has 0 bridgehead atoms. The Labute approximate surface area is 159 Å². The van der Waals surface area contributed by atoms with Crippen molar-refractivity contribution in [3.05, 3.63) is 59.2 Å². The van der Waals surface area contributed by atoms with Gasteiger partial charge < -0.3 is 21.5 Å². The van der Waals surface area contributed by atoms with Gasteiger partial charge in [-0.15, -0.1) is 0 Å². The molecule has 6 N–H and O–H groups in total. The quantitative estimate of drug-likeness (QED) is 0.382. The minimum Gasteiger partial charge on any atom is -0.478 e. The van der Waals surface area contributed by atoms with Gasteiger partial charge in [0.05, 0.1) is 5.56 Å². The van der Waals surface area contributed by atoms with Crippen LogP contribution in [-0.2, 0) is 6.54 Å². The van der Waals surface area contributed by atoms with Crippen LogP contribution in [-0.4, -0.2) is 36.5 Å². The van der Waals surface area contributed by atoms with Crippen LogP contribution in [0.4, 0.5) is 0 Å². The number of nitrogens with one attached hydrogen (secondary N) is 3. The summed E-state index contributed by atoms with van der Waals surface area (Å²) in [5.41, 5.74) is 9.07. The second kappa shape index (κ2) is 8.79. The molecule has 6 heteroatoms. The van der Waals surface area contributed by atoms with Gasteiger partial charge in [-0.2, -0.15) is 0 Å². The predicted octanol–water partition coefficient (Wildman–Crippen LogP) is 2.43. The predicted molar refractivity (Wildman–Crippen MR) is 107 cm³/mol. The van der Waals surface area contributed by atoms with Crippen LogP contribution in [0.2, 0.25) is 0 Å². The molecule has 6 nitrogen and oxygen atoms in total. The minimum absolute atomic E-state index is 0.00454. The summed E-state index contributed by atoms with van der Waals surface area (Å²) in [7, 11) is 0. The van der Waals surface area contributed by atoms with Gasteiger partial charge in [-0.1, -0.05) is 18.2 Å². The molecule has 1 saturated heterocycles. The summed E-state index contributed by atoms with van der Waals surface area (Å²) >= 11 is 0. The summed E-state index contributed by atoms with van der Waals surface area (Å²) in [6.07, 6.45) is 2.34. The number of carboxylic acids is 1. The lowest BCUT2D eigenvalue weighted by Gasteiger charge is -2.23. The summed E-state index contributed by atoms with van der Waals surface area (Å²) in [6, 6.07) is 12.7. The number of hydrogen-bond acceptors (Lipinski definition) is 4. The Bertz CT molecular complexity index is 829. The molecule has 0 saturated carbocycles. The molecule has 3 rings (SSSR count). The molecular weight excluding hydrogens is 340 g/mol. The molecule has 142 valence electrons. The van der Waals surface area contributed by atoms with E-state index in [2.05, 4.69) is 10.6 Å². The minimum atomic E-state index is -0.945. The fourth-order valence-corrected chi connectivity index (χ4v) is 3.46. The SMILES string of the molecule is N=C(N)c1cccc(-c2cc(CNCC3CCNCC3)cc(C(=O)O)c2)c1. The van der Waals surface area contributed by atoms with Crippen molar-refractivity contribution in [3.63, 3.8) is 0 Å². The molecule has 1 aliphatic heterocycles. The van der Waals surface area contributed by atoms with Gasteiger partial charge >= 0.3 is 5.97 Å². The van der Waals surface area contributed by atoms with Crippen LogP contribution in [0.5, 0.6) is 0 Å². The van der Waals surface area contributed by atoms with Crippen molar-refractivity contribution in [2.24, 2.45) is 11.7 Å². The lowest BCUT2D eigenvalue weighted by atomic mass is 9.97. The molecule has 1 aliphatic rings. The molecular formula is C21H26N4O2. The highest BCUT2D eigenvalue weighted by atomic mass is 16.4. The molecule has 0 aromatic heterocycles. The highest BCUT2D eigenvalue weighted by Crippen LogP contribution is 2.24. The van der Waals surface area contributed by atoms with Gasteiger partial charge in [-0.05, 0) is 79.3 Å². The summed E-state index contributed by atoms with van der Waals surface area (Å²) in [5, 5.41) is 23.9. The molecule has 0 amide bonds. The van der Waals surface area contributed by atoms with E-state index in [1.54, 1.807) is 18.2 Å². The summed E-state index contributed by atoms with van der Waals surface area (Å²) < 4.78 is 0. The number of benzene rings is 2. The third-order valence-corrected chi connectivity index (χ3v) is 4.97. The van der Waals surface area contributed by atoms with E-state index < -0.39 is 5.97 Å². The van der Waals surface area contributed by atoms with E-state index in [0.29, 0.717) is 18.0 Å². The molecule has 0 spiro atoms. The van der Waals surface area contributed by atoms with E-state index in [1.807, 2.05) is 24.3 Å². The Morgan fingerprint density at radius 2 is 1.89 bits per heavy atom. The van der Waals surface area contributed by atoms with Gasteiger partial charge in [0, 0.05) is 12.1 Å². The lowest BCUT2D eigenvalue weighted by molar-refractivity contribution is 0.0697. The largest absolute Gasteiger partial charge is 0.478 e. The third kappa shape index (κ3) is 5.15. The molecule has 1 heterocycles. The maximum atomic E-state index is 11.6. The second-order valence-electron chi connectivity index (χ2n) is 7.04. The summed E-state index contributed by atoms with van der Waals surface area (Å²) in [4.78, 5) is 11.6. The normalized spacial score (nSPS) is 14.8. The maximum Gasteiger partial charge on any atom is 0.335 e. The average Bonchev–Trinajstić information content (AvgIpc) is 2.68. The van der Waals surface area contributed by atoms with Gasteiger partial charge in [0.2, 0.25) is 0 Å². The van der Waals surface area contributed by atoms with E-state index in [0.717, 1.165) is 36.3 Å². The molecule has 0 radical (unpaired) electrons. The fourth-order valence-electron chi connectivity index (χ4n) is 3.46. The first kappa shape index (κ1) is 19.1. The van der Waals surface area contributed by atoms with Crippen LogP contribution in [0, 0.1) is 11.3 Å². The van der Waals surface area contributed by atoms with E-state index >= 15 is 0 Å². The van der Waals surface area contributed by atoms with Gasteiger partial charge in [-0.3, -0.25) is 5.41 Å². The van der Waals surface area contributed by atoms with Crippen LogP contribution in [0.3, 0.4) is 0 Å². The molecule has 2 aromatic rings. The van der Waals surface area contributed by atoms with Crippen molar-refractivity contribution in [1.82, 2.24) is 10.6 Å². The third-order valence-electron chi connectivity index (χ3n) is 4.97. The van der Waals surface area contributed by atoms with E-state index in [9.17, 15) is 9.90 Å². The Morgan fingerprint density at radius 3 is 2.59 bits per heavy atom. The number of hydrogen-bond donors (Lipinski definition) is 5. The van der Waals surface area contributed by atoms with Crippen LogP contribution < -0.4 is 16.4 Å². The second-order valence-corrected chi connectivity index (χ2v) is 7.04. The smallest absolute Gasteiger partial charge is 0.335 e. The average molecular weight is 366 g/mol. The zero-order valence-corrected chi connectivity index (χ0v) is 15.3. The number of nitrogen functional groups attached to an aromatic ring is 1. The van der Waals surface area contributed by atoms with Crippen LogP contribution in [0.25, 0.3) is 11.1 Å². The monoisotopic (exact) mass is 366 g/mol. The lowest BCUT2D eigenvalue weighted by Crippen LogP contribution is -2.33. The maximum absolute atomic E-state index is 11.6. The number of carboxylic acid groups (broad SMARTS) is 1. The zero-order valence-electron chi connectivity index (χ0n) is 15.3. The fraction of sp³-hybridized carbons (Fsp3) is 0.333. The van der Waals surface area contributed by atoms with Gasteiger partial charge in [0.15, 0.2) is 0 Å². The number of amidine groups is 1. The molecule has 2 aromatic carbocycles. The van der Waals surface area contributed by atoms with Gasteiger partial charge in [0.1, 0.15) is 5.84 Å². The van der Waals surface area contributed by atoms with Crippen LogP contribution in [0.1, 0.15) is 34.3 Å². The number of aromatic carboxylic acids is 1. The van der Waals surface area contributed by atoms with Crippen molar-refractivity contribution in [2.45, 2.75) is 19.4 Å². The Balaban J connectivity index is 1.79. The van der Waals surface area contributed by atoms with E-state index in [-0.39, 0.29) is 11.4 Å². The number of piperidine rings is 1. The van der Waals surface area contributed by atoms with Crippen molar-refractivity contribution < 1.29 is 9.90 Å². The van der Waals surface area contributed by atoms with Crippen molar-refractivity contribution in [1.29, 1.82) is 5.41 Å². The van der Waals surface area contributed by atoms with E-state index in [4.69, 9.17) is 11.1 Å². The van der Waals surface area contributed by atoms with Gasteiger partial charge in [-0.25, -0.2) is 4.79 Å². The van der Waals surface area contributed by atoms with Crippen LogP contribution >= 0.6 is 0 Å². The van der Waals surface area contributed by atoms with Gasteiger partial charge in [0.25, 0.3) is 0 Å². The summed E-state index contributed by atoms with van der Waals surface area (Å²) in [6.45, 7) is 3.70. The number of nitrogens with two attached hydrogens (primary N) is 1. The van der Waals surface area contributed by atoms with Crippen LogP contribution in [0.15, 0.2) is 42.5 Å². The Hall–Kier alpha value is -2.70. The van der Waals surface area contributed by atoms with Crippen molar-refractivity contribution >= 4 is 11.8 Å². The highest BCUT2D eigenvalue weighted by Gasteiger charge is 2.13. The van der Waals surface area contributed by atoms with Crippen molar-refractivity contribution in [3.8, 4) is 11.1 Å². The molecule has 0 atom stereocenters. The standard InChI is InChI=1S/C21H26N4O2/c22-20(23)17-3-1-2-16(10-17)18-8-15(9-19(11-18)21(26)27)13-25-12-14-4-6-24-7-5-14/h1-3,8-11,14,24-25H,4-7,12-13H2,(H3,22,23)(H,26,27). The van der Waals surface area contributed by atoms with Crippen molar-refractivity contribution in [2.75, 3.05) is 19.6 Å². The zero-order chi connectivity index (χ0) is 19.2. The molecule has 27 heavy (non-hydrogen) atoms. The number of rotatable bonds is 7. The first-order chi connectivity index (χ1) is 13.0. The number of carbonyl (C=O) groups is 1. The summed E-state index contributed by atoms with van der Waals surface area (Å²) in [5.74, 6) is -0.282. The van der Waals surface area contributed by atoms with E-state index in [1.165, 1.54) is 12.8 Å². The first-order valence-electron chi connectivity index (χ1n) is 9.26. The Morgan fingerprint density at radius 1 is 1.15 bits per heavy atom. The molecule has 1 fully saturated rings. The first-order valence-corrected chi connectivity index (χ1v) is 9.26. The highest BCUT2D eigenvalue weighted by molar-refractivity contribution is 5.96.